The van der Waals surface area contributed by atoms with Gasteiger partial charge in [0.25, 0.3) is 5.91 Å². The highest BCUT2D eigenvalue weighted by atomic mass is 19.1. The third kappa shape index (κ3) is 4.21. The highest BCUT2D eigenvalue weighted by Crippen LogP contribution is 2.32. The van der Waals surface area contributed by atoms with Crippen molar-refractivity contribution in [2.75, 3.05) is 12.4 Å². The second-order valence-corrected chi connectivity index (χ2v) is 6.77. The minimum atomic E-state index is -0.743. The van der Waals surface area contributed by atoms with Gasteiger partial charge < -0.3 is 25.4 Å². The molecule has 3 rings (SSSR count). The zero-order valence-electron chi connectivity index (χ0n) is 15.9. The SMILES string of the molecule is CNC(=O)C(CCC=O)N1Cc2c(NCc3ccc(O)cc3F)cccc2C1=O. The standard InChI is InChI=1S/C21H22FN3O4/c1-23-20(28)19(6-3-9-26)25-12-16-15(21(25)29)4-2-5-18(16)24-11-13-7-8-14(27)10-17(13)22/h2,4-5,7-10,19,24,27H,3,6,11-12H2,1H3,(H,23,28). The Morgan fingerprint density at radius 1 is 1.34 bits per heavy atom. The summed E-state index contributed by atoms with van der Waals surface area (Å²) in [5.41, 5.74) is 2.23. The first-order valence-electron chi connectivity index (χ1n) is 9.25. The number of phenolic OH excluding ortho intramolecular Hbond substituents is 1. The van der Waals surface area contributed by atoms with Crippen molar-refractivity contribution in [3.63, 3.8) is 0 Å². The predicted molar refractivity (Wildman–Crippen MR) is 105 cm³/mol. The van der Waals surface area contributed by atoms with Gasteiger partial charge in [-0.05, 0) is 24.6 Å². The van der Waals surface area contributed by atoms with Crippen LogP contribution >= 0.6 is 0 Å². The van der Waals surface area contributed by atoms with E-state index in [-0.39, 0.29) is 43.5 Å². The number of likely N-dealkylation sites (N-methyl/N-ethyl adjacent to an activating group) is 1. The van der Waals surface area contributed by atoms with Crippen LogP contribution in [0.4, 0.5) is 10.1 Å². The van der Waals surface area contributed by atoms with Crippen molar-refractivity contribution in [2.45, 2.75) is 32.0 Å². The highest BCUT2D eigenvalue weighted by molar-refractivity contribution is 6.02. The summed E-state index contributed by atoms with van der Waals surface area (Å²) in [5, 5.41) is 15.0. The average Bonchev–Trinajstić information content (AvgIpc) is 3.04. The van der Waals surface area contributed by atoms with E-state index in [2.05, 4.69) is 10.6 Å². The molecule has 0 saturated carbocycles. The molecule has 0 bridgehead atoms. The van der Waals surface area contributed by atoms with Crippen LogP contribution in [0.15, 0.2) is 36.4 Å². The van der Waals surface area contributed by atoms with Gasteiger partial charge >= 0.3 is 0 Å². The smallest absolute Gasteiger partial charge is 0.255 e. The molecular weight excluding hydrogens is 377 g/mol. The lowest BCUT2D eigenvalue weighted by molar-refractivity contribution is -0.125. The molecule has 0 saturated heterocycles. The number of hydrogen-bond acceptors (Lipinski definition) is 5. The first-order valence-corrected chi connectivity index (χ1v) is 9.25. The van der Waals surface area contributed by atoms with Crippen LogP contribution in [-0.4, -0.2) is 41.2 Å². The third-order valence-electron chi connectivity index (χ3n) is 4.98. The molecule has 2 aromatic rings. The zero-order valence-corrected chi connectivity index (χ0v) is 15.9. The summed E-state index contributed by atoms with van der Waals surface area (Å²) in [5.74, 6) is -1.28. The molecule has 8 heteroatoms. The molecule has 0 aliphatic carbocycles. The van der Waals surface area contributed by atoms with Gasteiger partial charge in [-0.1, -0.05) is 12.1 Å². The topological polar surface area (TPSA) is 98.7 Å². The van der Waals surface area contributed by atoms with Crippen molar-refractivity contribution in [3.05, 3.63) is 58.9 Å². The summed E-state index contributed by atoms with van der Waals surface area (Å²) in [4.78, 5) is 37.4. The van der Waals surface area contributed by atoms with Crippen LogP contribution in [0, 0.1) is 5.82 Å². The zero-order chi connectivity index (χ0) is 21.0. The normalized spacial score (nSPS) is 13.7. The number of aromatic hydroxyl groups is 1. The van der Waals surface area contributed by atoms with Crippen LogP contribution in [0.25, 0.3) is 0 Å². The Kier molecular flexibility index (Phi) is 6.11. The largest absolute Gasteiger partial charge is 0.508 e. The van der Waals surface area contributed by atoms with E-state index in [9.17, 15) is 23.9 Å². The monoisotopic (exact) mass is 399 g/mol. The molecular formula is C21H22FN3O4. The number of aldehydes is 1. The van der Waals surface area contributed by atoms with E-state index in [4.69, 9.17) is 0 Å². The van der Waals surface area contributed by atoms with Crippen LogP contribution in [-0.2, 0) is 22.7 Å². The number of hydrogen-bond donors (Lipinski definition) is 3. The Hall–Kier alpha value is -3.42. The molecule has 2 amide bonds. The number of carbonyl (C=O) groups is 3. The Morgan fingerprint density at radius 2 is 2.14 bits per heavy atom. The predicted octanol–water partition coefficient (Wildman–Crippen LogP) is 2.19. The van der Waals surface area contributed by atoms with Gasteiger partial charge in [0.2, 0.25) is 5.91 Å². The molecule has 0 fully saturated rings. The van der Waals surface area contributed by atoms with Crippen LogP contribution in [0.1, 0.15) is 34.3 Å². The molecule has 1 aliphatic rings. The number of anilines is 1. The van der Waals surface area contributed by atoms with E-state index in [1.807, 2.05) is 0 Å². The molecule has 3 N–H and O–H groups in total. The minimum absolute atomic E-state index is 0.149. The molecule has 29 heavy (non-hydrogen) atoms. The Bertz CT molecular complexity index is 948. The minimum Gasteiger partial charge on any atom is -0.508 e. The number of benzene rings is 2. The van der Waals surface area contributed by atoms with Gasteiger partial charge in [0.15, 0.2) is 0 Å². The number of rotatable bonds is 8. The number of fused-ring (bicyclic) bond motifs is 1. The lowest BCUT2D eigenvalue weighted by Gasteiger charge is -2.25. The van der Waals surface area contributed by atoms with Gasteiger partial charge in [0, 0.05) is 55.0 Å². The van der Waals surface area contributed by atoms with Crippen molar-refractivity contribution in [1.82, 2.24) is 10.2 Å². The average molecular weight is 399 g/mol. The van der Waals surface area contributed by atoms with Crippen molar-refractivity contribution in [3.8, 4) is 5.75 Å². The summed E-state index contributed by atoms with van der Waals surface area (Å²) in [7, 11) is 1.49. The van der Waals surface area contributed by atoms with Gasteiger partial charge in [-0.3, -0.25) is 9.59 Å². The van der Waals surface area contributed by atoms with Gasteiger partial charge in [-0.2, -0.15) is 0 Å². The van der Waals surface area contributed by atoms with Crippen molar-refractivity contribution in [1.29, 1.82) is 0 Å². The number of carbonyl (C=O) groups excluding carboxylic acids is 3. The molecule has 1 unspecified atom stereocenters. The quantitative estimate of drug-likeness (QED) is 0.591. The lowest BCUT2D eigenvalue weighted by Crippen LogP contribution is -2.46. The molecule has 0 aromatic heterocycles. The Balaban J connectivity index is 1.82. The van der Waals surface area contributed by atoms with E-state index in [0.717, 1.165) is 17.9 Å². The van der Waals surface area contributed by atoms with Crippen LogP contribution < -0.4 is 10.6 Å². The van der Waals surface area contributed by atoms with Crippen molar-refractivity contribution < 1.29 is 23.9 Å². The molecule has 1 heterocycles. The molecule has 0 radical (unpaired) electrons. The van der Waals surface area contributed by atoms with Crippen LogP contribution in [0.5, 0.6) is 5.75 Å². The van der Waals surface area contributed by atoms with Gasteiger partial charge in [-0.25, -0.2) is 4.39 Å². The molecule has 2 aromatic carbocycles. The van der Waals surface area contributed by atoms with Gasteiger partial charge in [-0.15, -0.1) is 0 Å². The summed E-state index contributed by atoms with van der Waals surface area (Å²) < 4.78 is 14.0. The maximum Gasteiger partial charge on any atom is 0.255 e. The van der Waals surface area contributed by atoms with E-state index in [1.54, 1.807) is 18.2 Å². The summed E-state index contributed by atoms with van der Waals surface area (Å²) in [6.07, 6.45) is 1.14. The van der Waals surface area contributed by atoms with E-state index < -0.39 is 11.9 Å². The Labute approximate surface area is 167 Å². The van der Waals surface area contributed by atoms with Crippen LogP contribution in [0.2, 0.25) is 0 Å². The number of amides is 2. The third-order valence-corrected chi connectivity index (χ3v) is 4.98. The fourth-order valence-electron chi connectivity index (χ4n) is 3.46. The van der Waals surface area contributed by atoms with Gasteiger partial charge in [0.1, 0.15) is 23.9 Å². The number of nitrogens with one attached hydrogen (secondary N) is 2. The second kappa shape index (κ2) is 8.72. The molecule has 7 nitrogen and oxygen atoms in total. The first-order chi connectivity index (χ1) is 14.0. The summed E-state index contributed by atoms with van der Waals surface area (Å²) in [6.45, 7) is 0.382. The van der Waals surface area contributed by atoms with Crippen molar-refractivity contribution >= 4 is 23.8 Å². The summed E-state index contributed by atoms with van der Waals surface area (Å²) in [6, 6.07) is 8.38. The Morgan fingerprint density at radius 3 is 2.83 bits per heavy atom. The van der Waals surface area contributed by atoms with Crippen molar-refractivity contribution in [2.24, 2.45) is 0 Å². The van der Waals surface area contributed by atoms with E-state index in [1.165, 1.54) is 24.1 Å². The lowest BCUT2D eigenvalue weighted by atomic mass is 10.1. The second-order valence-electron chi connectivity index (χ2n) is 6.77. The fraction of sp³-hybridized carbons (Fsp3) is 0.286. The summed E-state index contributed by atoms with van der Waals surface area (Å²) >= 11 is 0. The number of phenols is 1. The molecule has 1 aliphatic heterocycles. The molecule has 0 spiro atoms. The highest BCUT2D eigenvalue weighted by Gasteiger charge is 2.36. The van der Waals surface area contributed by atoms with E-state index >= 15 is 0 Å². The maximum atomic E-state index is 14.0. The number of halogens is 1. The van der Waals surface area contributed by atoms with Gasteiger partial charge in [0.05, 0.1) is 0 Å². The van der Waals surface area contributed by atoms with E-state index in [0.29, 0.717) is 16.8 Å². The number of nitrogens with zero attached hydrogens (tertiary/aromatic N) is 1. The molecule has 152 valence electrons. The first kappa shape index (κ1) is 20.3. The molecule has 1 atom stereocenters. The maximum absolute atomic E-state index is 14.0. The van der Waals surface area contributed by atoms with Crippen LogP contribution in [0.3, 0.4) is 0 Å². The fourth-order valence-corrected chi connectivity index (χ4v) is 3.46.